The summed E-state index contributed by atoms with van der Waals surface area (Å²) in [7, 11) is -3.65. The van der Waals surface area contributed by atoms with Crippen molar-refractivity contribution in [3.8, 4) is 5.75 Å². The molecule has 7 heteroatoms. The second-order valence-electron chi connectivity index (χ2n) is 7.00. The van der Waals surface area contributed by atoms with Crippen molar-refractivity contribution >= 4 is 27.3 Å². The van der Waals surface area contributed by atoms with Crippen LogP contribution in [-0.4, -0.2) is 32.7 Å². The minimum absolute atomic E-state index is 0.0579. The Morgan fingerprint density at radius 2 is 1.79 bits per heavy atom. The molecule has 0 spiro atoms. The van der Waals surface area contributed by atoms with Gasteiger partial charge in [-0.2, -0.15) is 0 Å². The molecule has 0 aliphatic carbocycles. The lowest BCUT2D eigenvalue weighted by Gasteiger charge is -2.30. The van der Waals surface area contributed by atoms with Gasteiger partial charge in [0.25, 0.3) is 0 Å². The molecule has 2 aromatic carbocycles. The topological polar surface area (TPSA) is 75.7 Å². The molecule has 2 rings (SSSR count). The Kier molecular flexibility index (Phi) is 7.07. The Bertz CT molecular complexity index is 908. The quantitative estimate of drug-likeness (QED) is 0.722. The molecular formula is C21H28N2O4S. The number of aryl methyl sites for hydroxylation is 1. The van der Waals surface area contributed by atoms with Gasteiger partial charge in [-0.3, -0.25) is 9.10 Å². The van der Waals surface area contributed by atoms with E-state index in [9.17, 15) is 13.2 Å². The summed E-state index contributed by atoms with van der Waals surface area (Å²) in [5, 5.41) is 2.81. The molecule has 2 aromatic rings. The zero-order valence-corrected chi connectivity index (χ0v) is 17.8. The summed E-state index contributed by atoms with van der Waals surface area (Å²) in [6.45, 7) is 7.54. The predicted octanol–water partition coefficient (Wildman–Crippen LogP) is 3.97. The summed E-state index contributed by atoms with van der Waals surface area (Å²) in [6, 6.07) is 13.3. The lowest BCUT2D eigenvalue weighted by molar-refractivity contribution is -0.117. The fourth-order valence-corrected chi connectivity index (χ4v) is 4.14. The van der Waals surface area contributed by atoms with Gasteiger partial charge in [-0.15, -0.1) is 0 Å². The van der Waals surface area contributed by atoms with Crippen LogP contribution in [0.2, 0.25) is 0 Å². The van der Waals surface area contributed by atoms with Crippen LogP contribution in [0.1, 0.15) is 32.8 Å². The number of hydrogen-bond acceptors (Lipinski definition) is 4. The molecule has 6 nitrogen and oxygen atoms in total. The number of nitrogens with one attached hydrogen (secondary N) is 1. The first-order chi connectivity index (χ1) is 13.1. The number of ether oxygens (including phenoxy) is 1. The second-order valence-corrected chi connectivity index (χ2v) is 8.86. The van der Waals surface area contributed by atoms with Gasteiger partial charge in [-0.25, -0.2) is 8.42 Å². The third-order valence-electron chi connectivity index (χ3n) is 4.08. The number of rotatable bonds is 8. The molecule has 0 aliphatic rings. The van der Waals surface area contributed by atoms with Crippen molar-refractivity contribution in [2.24, 2.45) is 0 Å². The minimum atomic E-state index is -3.65. The van der Waals surface area contributed by atoms with Crippen LogP contribution in [-0.2, 0) is 14.8 Å². The molecule has 0 saturated heterocycles. The Hall–Kier alpha value is -2.54. The van der Waals surface area contributed by atoms with Crippen molar-refractivity contribution in [2.45, 2.75) is 46.3 Å². The maximum atomic E-state index is 12.9. The maximum Gasteiger partial charge on any atom is 0.248 e. The van der Waals surface area contributed by atoms with Gasteiger partial charge in [-0.1, -0.05) is 19.1 Å². The second kappa shape index (κ2) is 9.10. The van der Waals surface area contributed by atoms with Crippen LogP contribution >= 0.6 is 0 Å². The van der Waals surface area contributed by atoms with Crippen molar-refractivity contribution in [1.29, 1.82) is 0 Å². The van der Waals surface area contributed by atoms with E-state index in [1.807, 2.05) is 26.8 Å². The largest absolute Gasteiger partial charge is 0.491 e. The van der Waals surface area contributed by atoms with Crippen molar-refractivity contribution in [3.05, 3.63) is 54.1 Å². The number of carbonyl (C=O) groups is 1. The standard InChI is InChI=1S/C21H28N2O4S/c1-6-20(23(28(5,25)26)18-9-7-8-16(4)14-18)21(24)22-17-10-12-19(13-11-17)27-15(2)3/h7-15,20H,6H2,1-5H3,(H,22,24)/t20-/m1/s1. The summed E-state index contributed by atoms with van der Waals surface area (Å²) < 4.78 is 31.7. The van der Waals surface area contributed by atoms with Crippen LogP contribution in [0.4, 0.5) is 11.4 Å². The first kappa shape index (κ1) is 21.8. The summed E-state index contributed by atoms with van der Waals surface area (Å²) in [4.78, 5) is 12.9. The first-order valence-electron chi connectivity index (χ1n) is 9.25. The highest BCUT2D eigenvalue weighted by Gasteiger charge is 2.31. The van der Waals surface area contributed by atoms with Crippen LogP contribution < -0.4 is 14.4 Å². The van der Waals surface area contributed by atoms with E-state index in [1.165, 1.54) is 4.31 Å². The molecule has 0 bridgehead atoms. The van der Waals surface area contributed by atoms with Crippen molar-refractivity contribution < 1.29 is 17.9 Å². The number of nitrogens with zero attached hydrogens (tertiary/aromatic N) is 1. The highest BCUT2D eigenvalue weighted by Crippen LogP contribution is 2.25. The van der Waals surface area contributed by atoms with Crippen molar-refractivity contribution in [2.75, 3.05) is 15.9 Å². The van der Waals surface area contributed by atoms with Crippen molar-refractivity contribution in [1.82, 2.24) is 0 Å². The van der Waals surface area contributed by atoms with E-state index in [0.717, 1.165) is 11.8 Å². The van der Waals surface area contributed by atoms with Gasteiger partial charge in [0.05, 0.1) is 18.0 Å². The van der Waals surface area contributed by atoms with Crippen LogP contribution in [0, 0.1) is 6.92 Å². The van der Waals surface area contributed by atoms with Gasteiger partial charge in [0, 0.05) is 5.69 Å². The zero-order chi connectivity index (χ0) is 20.9. The van der Waals surface area contributed by atoms with E-state index < -0.39 is 16.1 Å². The molecule has 0 heterocycles. The van der Waals surface area contributed by atoms with Gasteiger partial charge in [0.1, 0.15) is 11.8 Å². The molecule has 0 aliphatic heterocycles. The van der Waals surface area contributed by atoms with Gasteiger partial charge in [0.2, 0.25) is 15.9 Å². The van der Waals surface area contributed by atoms with Crippen molar-refractivity contribution in [3.63, 3.8) is 0 Å². The molecule has 0 fully saturated rings. The van der Waals surface area contributed by atoms with E-state index in [4.69, 9.17) is 4.74 Å². The van der Waals surface area contributed by atoms with Gasteiger partial charge < -0.3 is 10.1 Å². The van der Waals surface area contributed by atoms with Gasteiger partial charge >= 0.3 is 0 Å². The first-order valence-corrected chi connectivity index (χ1v) is 11.1. The van der Waals surface area contributed by atoms with Crippen LogP contribution in [0.15, 0.2) is 48.5 Å². The van der Waals surface area contributed by atoms with Crippen LogP contribution in [0.25, 0.3) is 0 Å². The van der Waals surface area contributed by atoms with Crippen LogP contribution in [0.3, 0.4) is 0 Å². The summed E-state index contributed by atoms with van der Waals surface area (Å²) in [5.41, 5.74) is 1.98. The fraction of sp³-hybridized carbons (Fsp3) is 0.381. The SMILES string of the molecule is CC[C@H](C(=O)Nc1ccc(OC(C)C)cc1)N(c1cccc(C)c1)S(C)(=O)=O. The molecule has 1 N–H and O–H groups in total. The molecule has 0 aromatic heterocycles. The van der Waals surface area contributed by atoms with Gasteiger partial charge in [-0.05, 0) is 69.2 Å². The summed E-state index contributed by atoms with van der Waals surface area (Å²) >= 11 is 0. The molecule has 0 unspecified atom stereocenters. The number of anilines is 2. The smallest absolute Gasteiger partial charge is 0.248 e. The number of carbonyl (C=O) groups excluding carboxylic acids is 1. The molecule has 1 atom stereocenters. The molecule has 0 radical (unpaired) electrons. The fourth-order valence-electron chi connectivity index (χ4n) is 2.94. The monoisotopic (exact) mass is 404 g/mol. The highest BCUT2D eigenvalue weighted by molar-refractivity contribution is 7.92. The third kappa shape index (κ3) is 5.73. The Labute approximate surface area is 167 Å². The average molecular weight is 405 g/mol. The lowest BCUT2D eigenvalue weighted by Crippen LogP contribution is -2.47. The zero-order valence-electron chi connectivity index (χ0n) is 17.0. The Balaban J connectivity index is 2.26. The van der Waals surface area contributed by atoms with E-state index in [1.54, 1.807) is 49.4 Å². The van der Waals surface area contributed by atoms with Crippen LogP contribution in [0.5, 0.6) is 5.75 Å². The molecular weight excluding hydrogens is 376 g/mol. The number of hydrogen-bond donors (Lipinski definition) is 1. The van der Waals surface area contributed by atoms with E-state index in [-0.39, 0.29) is 12.0 Å². The third-order valence-corrected chi connectivity index (χ3v) is 5.26. The minimum Gasteiger partial charge on any atom is -0.491 e. The summed E-state index contributed by atoms with van der Waals surface area (Å²) in [5.74, 6) is 0.324. The van der Waals surface area contributed by atoms with E-state index in [0.29, 0.717) is 23.5 Å². The van der Waals surface area contributed by atoms with Gasteiger partial charge in [0.15, 0.2) is 0 Å². The normalized spacial score (nSPS) is 12.5. The number of sulfonamides is 1. The van der Waals surface area contributed by atoms with E-state index in [2.05, 4.69) is 5.32 Å². The van der Waals surface area contributed by atoms with E-state index >= 15 is 0 Å². The number of amides is 1. The number of benzene rings is 2. The predicted molar refractivity (Wildman–Crippen MR) is 113 cm³/mol. The maximum absolute atomic E-state index is 12.9. The average Bonchev–Trinajstić information content (AvgIpc) is 2.59. The molecule has 0 saturated carbocycles. The Morgan fingerprint density at radius 3 is 2.29 bits per heavy atom. The highest BCUT2D eigenvalue weighted by atomic mass is 32.2. The molecule has 152 valence electrons. The lowest BCUT2D eigenvalue weighted by atomic mass is 10.1. The Morgan fingerprint density at radius 1 is 1.14 bits per heavy atom. The molecule has 1 amide bonds. The molecule has 28 heavy (non-hydrogen) atoms. The summed E-state index contributed by atoms with van der Waals surface area (Å²) in [6.07, 6.45) is 1.51.